The SMILES string of the molecule is CC1=CCN(C(=O)N[C@@H](C)Cc2cccnc2)CC1. The van der Waals surface area contributed by atoms with E-state index >= 15 is 0 Å². The van der Waals surface area contributed by atoms with Crippen LogP contribution in [0.4, 0.5) is 4.79 Å². The highest BCUT2D eigenvalue weighted by Gasteiger charge is 2.17. The zero-order valence-corrected chi connectivity index (χ0v) is 11.6. The molecule has 0 unspecified atom stereocenters. The topological polar surface area (TPSA) is 45.2 Å². The molecule has 1 aliphatic rings. The summed E-state index contributed by atoms with van der Waals surface area (Å²) in [6, 6.07) is 4.09. The van der Waals surface area contributed by atoms with Crippen LogP contribution in [0.5, 0.6) is 0 Å². The second kappa shape index (κ2) is 6.36. The van der Waals surface area contributed by atoms with Gasteiger partial charge >= 0.3 is 6.03 Å². The van der Waals surface area contributed by atoms with Gasteiger partial charge in [-0.15, -0.1) is 0 Å². The first-order chi connectivity index (χ1) is 9.15. The minimum absolute atomic E-state index is 0.0279. The largest absolute Gasteiger partial charge is 0.335 e. The van der Waals surface area contributed by atoms with E-state index < -0.39 is 0 Å². The molecule has 4 heteroatoms. The van der Waals surface area contributed by atoms with Gasteiger partial charge < -0.3 is 10.2 Å². The molecule has 2 amide bonds. The van der Waals surface area contributed by atoms with Gasteiger partial charge in [-0.05, 0) is 38.3 Å². The maximum atomic E-state index is 12.1. The predicted molar refractivity (Wildman–Crippen MR) is 75.9 cm³/mol. The van der Waals surface area contributed by atoms with Crippen LogP contribution in [0.3, 0.4) is 0 Å². The molecule has 0 aliphatic carbocycles. The molecule has 0 bridgehead atoms. The Morgan fingerprint density at radius 3 is 3.05 bits per heavy atom. The molecule has 1 aromatic rings. The molecule has 1 aliphatic heterocycles. The third-order valence-electron chi connectivity index (χ3n) is 3.36. The van der Waals surface area contributed by atoms with Gasteiger partial charge in [0.1, 0.15) is 0 Å². The first kappa shape index (κ1) is 13.6. The van der Waals surface area contributed by atoms with E-state index in [1.54, 1.807) is 6.20 Å². The number of rotatable bonds is 3. The van der Waals surface area contributed by atoms with E-state index in [1.807, 2.05) is 30.2 Å². The molecule has 0 saturated heterocycles. The zero-order valence-electron chi connectivity index (χ0n) is 11.6. The Bertz CT molecular complexity index is 456. The molecular weight excluding hydrogens is 238 g/mol. The first-order valence-electron chi connectivity index (χ1n) is 6.75. The zero-order chi connectivity index (χ0) is 13.7. The average Bonchev–Trinajstić information content (AvgIpc) is 2.40. The molecule has 0 radical (unpaired) electrons. The summed E-state index contributed by atoms with van der Waals surface area (Å²) in [7, 11) is 0. The summed E-state index contributed by atoms with van der Waals surface area (Å²) in [5.41, 5.74) is 2.51. The van der Waals surface area contributed by atoms with Crippen molar-refractivity contribution in [2.24, 2.45) is 0 Å². The Labute approximate surface area is 114 Å². The first-order valence-corrected chi connectivity index (χ1v) is 6.75. The standard InChI is InChI=1S/C15H21N3O/c1-12-5-8-18(9-6-12)15(19)17-13(2)10-14-4-3-7-16-11-14/h3-5,7,11,13H,6,8-10H2,1-2H3,(H,17,19)/t13-/m0/s1. The molecule has 4 nitrogen and oxygen atoms in total. The summed E-state index contributed by atoms with van der Waals surface area (Å²) in [5, 5.41) is 3.04. The lowest BCUT2D eigenvalue weighted by atomic mass is 10.1. The molecule has 2 rings (SSSR count). The van der Waals surface area contributed by atoms with Crippen LogP contribution in [-0.4, -0.2) is 35.0 Å². The van der Waals surface area contributed by atoms with Crippen molar-refractivity contribution in [2.45, 2.75) is 32.7 Å². The number of carbonyl (C=O) groups excluding carboxylic acids is 1. The lowest BCUT2D eigenvalue weighted by molar-refractivity contribution is 0.198. The molecule has 1 atom stereocenters. The maximum absolute atomic E-state index is 12.1. The van der Waals surface area contributed by atoms with E-state index in [9.17, 15) is 4.79 Å². The fourth-order valence-electron chi connectivity index (χ4n) is 2.18. The molecule has 2 heterocycles. The van der Waals surface area contributed by atoms with Crippen LogP contribution in [0.1, 0.15) is 25.8 Å². The van der Waals surface area contributed by atoms with Crippen molar-refractivity contribution in [2.75, 3.05) is 13.1 Å². The number of aromatic nitrogens is 1. The summed E-state index contributed by atoms with van der Waals surface area (Å²) >= 11 is 0. The highest BCUT2D eigenvalue weighted by atomic mass is 16.2. The van der Waals surface area contributed by atoms with Crippen LogP contribution in [0.25, 0.3) is 0 Å². The van der Waals surface area contributed by atoms with Crippen molar-refractivity contribution >= 4 is 6.03 Å². The van der Waals surface area contributed by atoms with E-state index in [1.165, 1.54) is 5.57 Å². The van der Waals surface area contributed by atoms with Crippen LogP contribution in [0.2, 0.25) is 0 Å². The Morgan fingerprint density at radius 1 is 1.58 bits per heavy atom. The number of carbonyl (C=O) groups is 1. The van der Waals surface area contributed by atoms with Crippen LogP contribution in [-0.2, 0) is 6.42 Å². The molecule has 19 heavy (non-hydrogen) atoms. The van der Waals surface area contributed by atoms with Crippen molar-refractivity contribution in [3.8, 4) is 0 Å². The van der Waals surface area contributed by atoms with Crippen LogP contribution >= 0.6 is 0 Å². The molecule has 0 aromatic carbocycles. The fraction of sp³-hybridized carbons (Fsp3) is 0.467. The van der Waals surface area contributed by atoms with Crippen molar-refractivity contribution in [3.63, 3.8) is 0 Å². The smallest absolute Gasteiger partial charge is 0.317 e. The van der Waals surface area contributed by atoms with Gasteiger partial charge in [0, 0.05) is 31.5 Å². The van der Waals surface area contributed by atoms with E-state index in [4.69, 9.17) is 0 Å². The van der Waals surface area contributed by atoms with E-state index in [2.05, 4.69) is 23.3 Å². The van der Waals surface area contributed by atoms with Crippen molar-refractivity contribution in [1.29, 1.82) is 0 Å². The van der Waals surface area contributed by atoms with Crippen molar-refractivity contribution in [1.82, 2.24) is 15.2 Å². The summed E-state index contributed by atoms with van der Waals surface area (Å²) in [6.45, 7) is 5.67. The summed E-state index contributed by atoms with van der Waals surface area (Å²) < 4.78 is 0. The average molecular weight is 259 g/mol. The number of nitrogens with zero attached hydrogens (tertiary/aromatic N) is 2. The number of hydrogen-bond acceptors (Lipinski definition) is 2. The quantitative estimate of drug-likeness (QED) is 0.847. The van der Waals surface area contributed by atoms with Gasteiger partial charge in [0.25, 0.3) is 0 Å². The second-order valence-corrected chi connectivity index (χ2v) is 5.16. The molecule has 102 valence electrons. The normalized spacial score (nSPS) is 16.7. The number of pyridine rings is 1. The van der Waals surface area contributed by atoms with Gasteiger partial charge in [-0.1, -0.05) is 17.7 Å². The van der Waals surface area contributed by atoms with Crippen molar-refractivity contribution in [3.05, 3.63) is 41.7 Å². The molecule has 1 aromatic heterocycles. The second-order valence-electron chi connectivity index (χ2n) is 5.16. The van der Waals surface area contributed by atoms with E-state index in [-0.39, 0.29) is 12.1 Å². The Hall–Kier alpha value is -1.84. The van der Waals surface area contributed by atoms with Crippen molar-refractivity contribution < 1.29 is 4.79 Å². The predicted octanol–water partition coefficient (Wildman–Crippen LogP) is 2.37. The summed E-state index contributed by atoms with van der Waals surface area (Å²) in [4.78, 5) is 18.0. The molecule has 0 saturated carbocycles. The summed E-state index contributed by atoms with van der Waals surface area (Å²) in [6.07, 6.45) is 7.51. The minimum atomic E-state index is 0.0279. The Kier molecular flexibility index (Phi) is 4.55. The number of urea groups is 1. The highest BCUT2D eigenvalue weighted by molar-refractivity contribution is 5.74. The molecule has 0 fully saturated rings. The Balaban J connectivity index is 1.82. The van der Waals surface area contributed by atoms with Gasteiger partial charge in [-0.3, -0.25) is 4.98 Å². The van der Waals surface area contributed by atoms with E-state index in [0.717, 1.165) is 31.5 Å². The van der Waals surface area contributed by atoms with Gasteiger partial charge in [0.2, 0.25) is 0 Å². The molecule has 0 spiro atoms. The van der Waals surface area contributed by atoms with Gasteiger partial charge in [0.15, 0.2) is 0 Å². The third kappa shape index (κ3) is 4.09. The molecule has 1 N–H and O–H groups in total. The van der Waals surface area contributed by atoms with Crippen LogP contribution in [0.15, 0.2) is 36.2 Å². The third-order valence-corrected chi connectivity index (χ3v) is 3.36. The minimum Gasteiger partial charge on any atom is -0.335 e. The van der Waals surface area contributed by atoms with Gasteiger partial charge in [-0.2, -0.15) is 0 Å². The Morgan fingerprint density at radius 2 is 2.42 bits per heavy atom. The lowest BCUT2D eigenvalue weighted by Gasteiger charge is -2.27. The fourth-order valence-corrected chi connectivity index (χ4v) is 2.18. The van der Waals surface area contributed by atoms with Gasteiger partial charge in [-0.25, -0.2) is 4.79 Å². The monoisotopic (exact) mass is 259 g/mol. The maximum Gasteiger partial charge on any atom is 0.317 e. The highest BCUT2D eigenvalue weighted by Crippen LogP contribution is 2.10. The number of amides is 2. The summed E-state index contributed by atoms with van der Waals surface area (Å²) in [5.74, 6) is 0. The number of hydrogen-bond donors (Lipinski definition) is 1. The number of nitrogens with one attached hydrogen (secondary N) is 1. The lowest BCUT2D eigenvalue weighted by Crippen LogP contribution is -2.46. The van der Waals surface area contributed by atoms with Crippen LogP contribution in [0, 0.1) is 0 Å². The van der Waals surface area contributed by atoms with Crippen LogP contribution < -0.4 is 5.32 Å². The van der Waals surface area contributed by atoms with E-state index in [0.29, 0.717) is 0 Å². The van der Waals surface area contributed by atoms with Gasteiger partial charge in [0.05, 0.1) is 0 Å². The molecular formula is C15H21N3O.